The van der Waals surface area contributed by atoms with Crippen molar-refractivity contribution >= 4 is 37.8 Å². The molecule has 0 spiro atoms. The fourth-order valence-electron chi connectivity index (χ4n) is 1.56. The quantitative estimate of drug-likeness (QED) is 0.688. The molecule has 112 valence electrons. The van der Waals surface area contributed by atoms with E-state index in [1.54, 1.807) is 13.2 Å². The summed E-state index contributed by atoms with van der Waals surface area (Å²) >= 11 is 6.70. The van der Waals surface area contributed by atoms with E-state index in [1.165, 1.54) is 0 Å². The molecule has 0 saturated heterocycles. The van der Waals surface area contributed by atoms with Crippen LogP contribution in [0.1, 0.15) is 6.42 Å². The standard InChI is InChI=1S/C13H17Br2NO4/c1-19-7-10(4-5-17)16-13(18)8-20-12-3-2-9(14)6-11(12)15/h2-3,6,10,17H,4-5,7-8H2,1H3,(H,16,18). The fraction of sp³-hybridized carbons (Fsp3) is 0.462. The Kier molecular flexibility index (Phi) is 8.13. The number of halogens is 2. The molecule has 0 aliphatic carbocycles. The van der Waals surface area contributed by atoms with Crippen LogP contribution in [0, 0.1) is 0 Å². The minimum Gasteiger partial charge on any atom is -0.483 e. The van der Waals surface area contributed by atoms with Crippen LogP contribution in [0.2, 0.25) is 0 Å². The molecular formula is C13H17Br2NO4. The zero-order valence-corrected chi connectivity index (χ0v) is 14.2. The molecule has 0 aromatic heterocycles. The van der Waals surface area contributed by atoms with Crippen LogP contribution in [0.5, 0.6) is 5.75 Å². The van der Waals surface area contributed by atoms with Gasteiger partial charge in [0.1, 0.15) is 5.75 Å². The normalized spacial score (nSPS) is 12.0. The second kappa shape index (κ2) is 9.33. The van der Waals surface area contributed by atoms with Crippen molar-refractivity contribution in [3.63, 3.8) is 0 Å². The topological polar surface area (TPSA) is 67.8 Å². The first-order valence-electron chi connectivity index (χ1n) is 6.03. The molecule has 0 aliphatic rings. The fourth-order valence-corrected chi connectivity index (χ4v) is 2.72. The number of rotatable bonds is 8. The van der Waals surface area contributed by atoms with Gasteiger partial charge in [0.15, 0.2) is 6.61 Å². The summed E-state index contributed by atoms with van der Waals surface area (Å²) in [6.07, 6.45) is 0.446. The molecule has 1 aromatic rings. The van der Waals surface area contributed by atoms with Gasteiger partial charge in [0, 0.05) is 18.2 Å². The molecule has 0 heterocycles. The van der Waals surface area contributed by atoms with Crippen molar-refractivity contribution < 1.29 is 19.4 Å². The number of aliphatic hydroxyl groups excluding tert-OH is 1. The van der Waals surface area contributed by atoms with E-state index in [4.69, 9.17) is 14.6 Å². The van der Waals surface area contributed by atoms with Crippen molar-refractivity contribution in [2.45, 2.75) is 12.5 Å². The first kappa shape index (κ1) is 17.4. The summed E-state index contributed by atoms with van der Waals surface area (Å²) < 4.78 is 12.1. The Morgan fingerprint density at radius 3 is 2.80 bits per heavy atom. The molecule has 0 aliphatic heterocycles. The minimum atomic E-state index is -0.254. The van der Waals surface area contributed by atoms with Crippen molar-refractivity contribution in [3.8, 4) is 5.75 Å². The van der Waals surface area contributed by atoms with E-state index in [1.807, 2.05) is 12.1 Å². The lowest BCUT2D eigenvalue weighted by Gasteiger charge is -2.17. The largest absolute Gasteiger partial charge is 0.483 e. The van der Waals surface area contributed by atoms with Gasteiger partial charge in [0.2, 0.25) is 0 Å². The second-order valence-corrected chi connectivity index (χ2v) is 5.87. The van der Waals surface area contributed by atoms with Crippen LogP contribution in [0.25, 0.3) is 0 Å². The van der Waals surface area contributed by atoms with Crippen LogP contribution >= 0.6 is 31.9 Å². The van der Waals surface area contributed by atoms with Crippen LogP contribution < -0.4 is 10.1 Å². The van der Waals surface area contributed by atoms with Gasteiger partial charge in [-0.15, -0.1) is 0 Å². The Labute approximate surface area is 134 Å². The summed E-state index contributed by atoms with van der Waals surface area (Å²) in [4.78, 5) is 11.8. The van der Waals surface area contributed by atoms with Gasteiger partial charge in [-0.05, 0) is 40.5 Å². The molecule has 2 N–H and O–H groups in total. The Morgan fingerprint density at radius 2 is 2.20 bits per heavy atom. The number of carbonyl (C=O) groups is 1. The SMILES string of the molecule is COCC(CCO)NC(=O)COc1ccc(Br)cc1Br. The summed E-state index contributed by atoms with van der Waals surface area (Å²) in [5, 5.41) is 11.6. The highest BCUT2D eigenvalue weighted by molar-refractivity contribution is 9.11. The number of methoxy groups -OCH3 is 1. The van der Waals surface area contributed by atoms with Crippen LogP contribution in [0.4, 0.5) is 0 Å². The van der Waals surface area contributed by atoms with E-state index < -0.39 is 0 Å². The van der Waals surface area contributed by atoms with Gasteiger partial charge in [-0.2, -0.15) is 0 Å². The van der Waals surface area contributed by atoms with Gasteiger partial charge in [-0.3, -0.25) is 4.79 Å². The number of hydrogen-bond donors (Lipinski definition) is 2. The molecule has 0 fully saturated rings. The zero-order valence-electron chi connectivity index (χ0n) is 11.1. The number of nitrogens with one attached hydrogen (secondary N) is 1. The first-order chi connectivity index (χ1) is 9.56. The number of hydrogen-bond acceptors (Lipinski definition) is 4. The van der Waals surface area contributed by atoms with E-state index >= 15 is 0 Å². The van der Waals surface area contributed by atoms with Crippen molar-refractivity contribution in [2.24, 2.45) is 0 Å². The number of aliphatic hydroxyl groups is 1. The maximum atomic E-state index is 11.8. The van der Waals surface area contributed by atoms with E-state index in [2.05, 4.69) is 37.2 Å². The second-order valence-electron chi connectivity index (χ2n) is 4.10. The van der Waals surface area contributed by atoms with Crippen molar-refractivity contribution in [1.29, 1.82) is 0 Å². The Hall–Kier alpha value is -0.630. The third-order valence-corrected chi connectivity index (χ3v) is 3.58. The van der Waals surface area contributed by atoms with Gasteiger partial charge in [-0.1, -0.05) is 15.9 Å². The summed E-state index contributed by atoms with van der Waals surface area (Å²) in [6, 6.07) is 5.22. The summed E-state index contributed by atoms with van der Waals surface area (Å²) in [5.74, 6) is 0.337. The Balaban J connectivity index is 2.45. The third-order valence-electron chi connectivity index (χ3n) is 2.46. The highest BCUT2D eigenvalue weighted by atomic mass is 79.9. The van der Waals surface area contributed by atoms with Crippen molar-refractivity contribution in [1.82, 2.24) is 5.32 Å². The molecular weight excluding hydrogens is 394 g/mol. The zero-order chi connectivity index (χ0) is 15.0. The van der Waals surface area contributed by atoms with E-state index in [0.717, 1.165) is 8.95 Å². The number of amides is 1. The van der Waals surface area contributed by atoms with Gasteiger partial charge in [0.05, 0.1) is 17.1 Å². The first-order valence-corrected chi connectivity index (χ1v) is 7.62. The summed E-state index contributed by atoms with van der Waals surface area (Å²) in [5.41, 5.74) is 0. The molecule has 1 atom stereocenters. The molecule has 7 heteroatoms. The Bertz CT molecular complexity index is 436. The van der Waals surface area contributed by atoms with Gasteiger partial charge in [0.25, 0.3) is 5.91 Å². The highest BCUT2D eigenvalue weighted by Crippen LogP contribution is 2.28. The van der Waals surface area contributed by atoms with Crippen molar-refractivity contribution in [2.75, 3.05) is 26.9 Å². The number of ether oxygens (including phenoxy) is 2. The molecule has 20 heavy (non-hydrogen) atoms. The van der Waals surface area contributed by atoms with E-state index in [-0.39, 0.29) is 25.2 Å². The molecule has 0 bridgehead atoms. The van der Waals surface area contributed by atoms with Crippen LogP contribution in [-0.2, 0) is 9.53 Å². The van der Waals surface area contributed by atoms with Gasteiger partial charge >= 0.3 is 0 Å². The predicted molar refractivity (Wildman–Crippen MR) is 82.8 cm³/mol. The van der Waals surface area contributed by atoms with E-state index in [0.29, 0.717) is 18.8 Å². The molecule has 1 aromatic carbocycles. The number of carbonyl (C=O) groups excluding carboxylic acids is 1. The predicted octanol–water partition coefficient (Wildman–Crippen LogP) is 2.10. The average molecular weight is 411 g/mol. The molecule has 0 saturated carbocycles. The molecule has 0 radical (unpaired) electrons. The van der Waals surface area contributed by atoms with Crippen LogP contribution in [0.15, 0.2) is 27.1 Å². The maximum Gasteiger partial charge on any atom is 0.258 e. The number of benzene rings is 1. The maximum absolute atomic E-state index is 11.8. The molecule has 1 unspecified atom stereocenters. The van der Waals surface area contributed by atoms with Gasteiger partial charge < -0.3 is 19.9 Å². The van der Waals surface area contributed by atoms with E-state index in [9.17, 15) is 4.79 Å². The third kappa shape index (κ3) is 6.21. The van der Waals surface area contributed by atoms with Crippen LogP contribution in [-0.4, -0.2) is 44.0 Å². The van der Waals surface area contributed by atoms with Crippen LogP contribution in [0.3, 0.4) is 0 Å². The lowest BCUT2D eigenvalue weighted by molar-refractivity contribution is -0.124. The average Bonchev–Trinajstić information content (AvgIpc) is 2.38. The molecule has 5 nitrogen and oxygen atoms in total. The summed E-state index contributed by atoms with van der Waals surface area (Å²) in [6.45, 7) is 0.258. The highest BCUT2D eigenvalue weighted by Gasteiger charge is 2.12. The minimum absolute atomic E-state index is 0.00652. The monoisotopic (exact) mass is 409 g/mol. The summed E-state index contributed by atoms with van der Waals surface area (Å²) in [7, 11) is 1.55. The van der Waals surface area contributed by atoms with Crippen molar-refractivity contribution in [3.05, 3.63) is 27.1 Å². The Morgan fingerprint density at radius 1 is 1.45 bits per heavy atom. The molecule has 1 amide bonds. The molecule has 1 rings (SSSR count). The van der Waals surface area contributed by atoms with Gasteiger partial charge in [-0.25, -0.2) is 0 Å². The lowest BCUT2D eigenvalue weighted by Crippen LogP contribution is -2.41. The lowest BCUT2D eigenvalue weighted by atomic mass is 10.2. The smallest absolute Gasteiger partial charge is 0.258 e.